The van der Waals surface area contributed by atoms with E-state index in [9.17, 15) is 30.3 Å². The molecule has 0 aliphatic carbocycles. The number of thiazole rings is 1. The van der Waals surface area contributed by atoms with Crippen LogP contribution in [0.5, 0.6) is 0 Å². The normalized spacial score (nSPS) is 15.1. The van der Waals surface area contributed by atoms with Gasteiger partial charge in [-0.3, -0.25) is 0 Å². The van der Waals surface area contributed by atoms with Crippen LogP contribution in [-0.4, -0.2) is 59.8 Å². The standard InChI is InChI=1S/C24H21FN2O7S3Se/c25-17-7-9-21-19(14-17)26(11-12-34-37(31,32)33)23(38-21)15-22-27(10-3-13-36(28,29)30)24-18-5-2-1-4-16(18)6-8-20(24)35-22/h1-2,4-9,14-15H,3,10-13H2,(H-,28,29,30,31,32,33)/p-1. The molecule has 0 unspecified atom stereocenters. The zero-order valence-corrected chi connectivity index (χ0v) is 23.7. The van der Waals surface area contributed by atoms with Crippen molar-refractivity contribution in [2.45, 2.75) is 13.0 Å². The fourth-order valence-electron chi connectivity index (χ4n) is 4.35. The topological polar surface area (TPSA) is 131 Å². The third kappa shape index (κ3) is 6.08. The summed E-state index contributed by atoms with van der Waals surface area (Å²) >= 11 is 1.22. The Balaban J connectivity index is 1.60. The molecule has 38 heavy (non-hydrogen) atoms. The number of benzene rings is 3. The predicted molar refractivity (Wildman–Crippen MR) is 141 cm³/mol. The fourth-order valence-corrected chi connectivity index (χ4v) is 8.74. The number of aryl methyl sites for hydroxylation is 1. The molecule has 1 aliphatic heterocycles. The summed E-state index contributed by atoms with van der Waals surface area (Å²) in [6, 6.07) is 16.2. The van der Waals surface area contributed by atoms with Gasteiger partial charge in [0.15, 0.2) is 0 Å². The first-order chi connectivity index (χ1) is 18.0. The molecule has 14 heteroatoms. The third-order valence-electron chi connectivity index (χ3n) is 5.87. The first kappa shape index (κ1) is 27.2. The second kappa shape index (κ2) is 10.6. The molecule has 0 amide bonds. The van der Waals surface area contributed by atoms with E-state index in [4.69, 9.17) is 0 Å². The predicted octanol–water partition coefficient (Wildman–Crippen LogP) is 2.04. The molecule has 200 valence electrons. The number of hydrogen-bond donors (Lipinski definition) is 0. The molecular weight excluding hydrogens is 622 g/mol. The van der Waals surface area contributed by atoms with Crippen molar-refractivity contribution in [3.05, 3.63) is 70.0 Å². The maximum atomic E-state index is 14.1. The van der Waals surface area contributed by atoms with Crippen LogP contribution in [0.25, 0.3) is 27.1 Å². The molecule has 1 aliphatic rings. The van der Waals surface area contributed by atoms with E-state index >= 15 is 0 Å². The van der Waals surface area contributed by atoms with Crippen LogP contribution < -0.4 is 13.9 Å². The van der Waals surface area contributed by atoms with Crippen LogP contribution in [0, 0.1) is 5.82 Å². The summed E-state index contributed by atoms with van der Waals surface area (Å²) in [5.74, 6) is -0.953. The Bertz CT molecular complexity index is 1790. The van der Waals surface area contributed by atoms with Crippen molar-refractivity contribution in [3.8, 4) is 0 Å². The van der Waals surface area contributed by atoms with E-state index in [1.165, 1.54) is 23.5 Å². The van der Waals surface area contributed by atoms with Gasteiger partial charge in [-0.2, -0.15) is 0 Å². The molecule has 0 radical (unpaired) electrons. The van der Waals surface area contributed by atoms with Gasteiger partial charge >= 0.3 is 230 Å². The van der Waals surface area contributed by atoms with Crippen LogP contribution in [0.3, 0.4) is 0 Å². The molecule has 4 aromatic rings. The Morgan fingerprint density at radius 3 is 2.63 bits per heavy atom. The van der Waals surface area contributed by atoms with Gasteiger partial charge in [0.05, 0.1) is 0 Å². The van der Waals surface area contributed by atoms with Crippen LogP contribution >= 0.6 is 11.3 Å². The van der Waals surface area contributed by atoms with Crippen LogP contribution in [-0.2, 0) is 31.2 Å². The van der Waals surface area contributed by atoms with E-state index in [1.807, 2.05) is 47.0 Å². The summed E-state index contributed by atoms with van der Waals surface area (Å²) in [5.41, 5.74) is 1.48. The molecule has 3 aromatic carbocycles. The van der Waals surface area contributed by atoms with E-state index < -0.39 is 38.7 Å². The second-order valence-corrected chi connectivity index (χ2v) is 14.3. The van der Waals surface area contributed by atoms with E-state index in [1.54, 1.807) is 11.0 Å². The van der Waals surface area contributed by atoms with Crippen molar-refractivity contribution in [2.75, 3.05) is 23.8 Å². The van der Waals surface area contributed by atoms with E-state index in [-0.39, 0.29) is 34.5 Å². The van der Waals surface area contributed by atoms with Gasteiger partial charge in [0, 0.05) is 0 Å². The molecule has 0 bridgehead atoms. The molecule has 5 rings (SSSR count). The van der Waals surface area contributed by atoms with Gasteiger partial charge in [0.1, 0.15) is 0 Å². The quantitative estimate of drug-likeness (QED) is 0.117. The molecule has 0 saturated heterocycles. The van der Waals surface area contributed by atoms with E-state index in [2.05, 4.69) is 4.18 Å². The van der Waals surface area contributed by atoms with Crippen molar-refractivity contribution >= 4 is 84.0 Å². The molecule has 1 aromatic heterocycles. The Hall–Kier alpha value is -2.42. The van der Waals surface area contributed by atoms with Gasteiger partial charge in [-0.05, 0) is 0 Å². The van der Waals surface area contributed by atoms with E-state index in [0.29, 0.717) is 5.69 Å². The Kier molecular flexibility index (Phi) is 7.59. The number of anilines is 1. The summed E-state index contributed by atoms with van der Waals surface area (Å²) in [4.78, 5) is 1.73. The van der Waals surface area contributed by atoms with Gasteiger partial charge in [-0.15, -0.1) is 0 Å². The van der Waals surface area contributed by atoms with Crippen molar-refractivity contribution < 1.29 is 39.1 Å². The first-order valence-electron chi connectivity index (χ1n) is 11.3. The average molecular weight is 643 g/mol. The zero-order chi connectivity index (χ0) is 27.1. The third-order valence-corrected chi connectivity index (χ3v) is 10.5. The number of halogens is 1. The van der Waals surface area contributed by atoms with Gasteiger partial charge in [0.2, 0.25) is 0 Å². The minimum atomic E-state index is -4.89. The number of nitrogens with zero attached hydrogens (tertiary/aromatic N) is 2. The molecule has 9 nitrogen and oxygen atoms in total. The second-order valence-electron chi connectivity index (χ2n) is 8.42. The molecular formula is C24H20FN2O7S3Se-. The van der Waals surface area contributed by atoms with Gasteiger partial charge in [0.25, 0.3) is 0 Å². The summed E-state index contributed by atoms with van der Waals surface area (Å²) in [5, 5.41) is 2.77. The Morgan fingerprint density at radius 1 is 1.08 bits per heavy atom. The maximum absolute atomic E-state index is 14.1. The minimum absolute atomic E-state index is 0.00770. The molecule has 0 spiro atoms. The SMILES string of the molecule is O=S(=O)([O-])CCC[n+]1c(C=C2[Se]c3ccc(F)cc3N2CCOS(=O)(=O)[O-])sc2ccc3ccccc3c21. The summed E-state index contributed by atoms with van der Waals surface area (Å²) in [7, 11) is -9.27. The van der Waals surface area contributed by atoms with Gasteiger partial charge in [-0.1, -0.05) is 0 Å². The fraction of sp³-hybridized carbons (Fsp3) is 0.208. The number of aromatic nitrogens is 1. The number of fused-ring (bicyclic) bond motifs is 4. The van der Waals surface area contributed by atoms with Crippen LogP contribution in [0.15, 0.2) is 59.2 Å². The van der Waals surface area contributed by atoms with E-state index in [0.717, 1.165) is 35.1 Å². The van der Waals surface area contributed by atoms with Crippen molar-refractivity contribution in [1.29, 1.82) is 0 Å². The van der Waals surface area contributed by atoms with Gasteiger partial charge in [-0.25, -0.2) is 0 Å². The van der Waals surface area contributed by atoms with Crippen molar-refractivity contribution in [3.63, 3.8) is 0 Å². The zero-order valence-electron chi connectivity index (χ0n) is 19.6. The number of rotatable bonds is 9. The first-order valence-corrected chi connectivity index (χ1v) is 16.8. The average Bonchev–Trinajstić information content (AvgIpc) is 3.35. The molecule has 0 fully saturated rings. The molecule has 0 N–H and O–H groups in total. The summed E-state index contributed by atoms with van der Waals surface area (Å²) in [6.45, 7) is -0.123. The van der Waals surface area contributed by atoms with Crippen LogP contribution in [0.1, 0.15) is 11.4 Å². The summed E-state index contributed by atoms with van der Waals surface area (Å²) < 4.78 is 89.9. The Labute approximate surface area is 229 Å². The number of hydrogen-bond acceptors (Lipinski definition) is 9. The van der Waals surface area contributed by atoms with Crippen molar-refractivity contribution in [2.24, 2.45) is 0 Å². The molecule has 0 saturated carbocycles. The van der Waals surface area contributed by atoms with Gasteiger partial charge < -0.3 is 0 Å². The van der Waals surface area contributed by atoms with Crippen molar-refractivity contribution in [1.82, 2.24) is 0 Å². The Morgan fingerprint density at radius 2 is 1.87 bits per heavy atom. The monoisotopic (exact) mass is 643 g/mol. The molecule has 2 heterocycles. The van der Waals surface area contributed by atoms with Crippen LogP contribution in [0.2, 0.25) is 0 Å². The summed E-state index contributed by atoms with van der Waals surface area (Å²) in [6.07, 6.45) is 2.03. The van der Waals surface area contributed by atoms with Crippen LogP contribution in [0.4, 0.5) is 10.1 Å². The molecule has 0 atom stereocenters.